The second kappa shape index (κ2) is 7.26. The standard InChI is InChI=1S/C17H18N2O3/c1-19(18-12-13-7-5-4-6-8-13)17(20)14-9-10-15(21-2)16(11-14)22-3/h4-12H,1-3H3/b18-12+. The number of carbonyl (C=O) groups is 1. The lowest BCUT2D eigenvalue weighted by Crippen LogP contribution is -2.21. The van der Waals surface area contributed by atoms with Crippen molar-refractivity contribution in [3.05, 3.63) is 59.7 Å². The largest absolute Gasteiger partial charge is 0.493 e. The van der Waals surface area contributed by atoms with Gasteiger partial charge in [0.1, 0.15) is 0 Å². The highest BCUT2D eigenvalue weighted by Crippen LogP contribution is 2.27. The second-order valence-electron chi connectivity index (χ2n) is 4.55. The minimum atomic E-state index is -0.229. The van der Waals surface area contributed by atoms with Gasteiger partial charge in [0, 0.05) is 12.6 Å². The topological polar surface area (TPSA) is 51.1 Å². The molecule has 2 aromatic rings. The molecular formula is C17H18N2O3. The average molecular weight is 298 g/mol. The number of amides is 1. The highest BCUT2D eigenvalue weighted by Gasteiger charge is 2.13. The van der Waals surface area contributed by atoms with Gasteiger partial charge in [-0.3, -0.25) is 4.79 Å². The van der Waals surface area contributed by atoms with Crippen molar-refractivity contribution in [2.24, 2.45) is 5.10 Å². The summed E-state index contributed by atoms with van der Waals surface area (Å²) in [4.78, 5) is 12.3. The summed E-state index contributed by atoms with van der Waals surface area (Å²) in [5.74, 6) is 0.858. The van der Waals surface area contributed by atoms with E-state index in [1.165, 1.54) is 12.1 Å². The summed E-state index contributed by atoms with van der Waals surface area (Å²) in [6, 6.07) is 14.6. The number of rotatable bonds is 5. The maximum absolute atomic E-state index is 12.3. The fourth-order valence-electron chi connectivity index (χ4n) is 1.90. The molecular weight excluding hydrogens is 280 g/mol. The van der Waals surface area contributed by atoms with E-state index in [2.05, 4.69) is 5.10 Å². The third-order valence-corrected chi connectivity index (χ3v) is 3.10. The zero-order chi connectivity index (χ0) is 15.9. The molecule has 0 N–H and O–H groups in total. The van der Waals surface area contributed by atoms with Gasteiger partial charge in [-0.15, -0.1) is 0 Å². The first-order valence-corrected chi connectivity index (χ1v) is 6.75. The van der Waals surface area contributed by atoms with Crippen molar-refractivity contribution < 1.29 is 14.3 Å². The SMILES string of the molecule is COc1ccc(C(=O)N(C)/N=C/c2ccccc2)cc1OC. The minimum absolute atomic E-state index is 0.229. The number of methoxy groups -OCH3 is 2. The van der Waals surface area contributed by atoms with Crippen LogP contribution in [0, 0.1) is 0 Å². The molecule has 0 atom stereocenters. The van der Waals surface area contributed by atoms with E-state index in [9.17, 15) is 4.79 Å². The maximum Gasteiger partial charge on any atom is 0.273 e. The number of carbonyl (C=O) groups excluding carboxylic acids is 1. The predicted octanol–water partition coefficient (Wildman–Crippen LogP) is 2.81. The molecule has 0 fully saturated rings. The fraction of sp³-hybridized carbons (Fsp3) is 0.176. The Balaban J connectivity index is 2.15. The minimum Gasteiger partial charge on any atom is -0.493 e. The second-order valence-corrected chi connectivity index (χ2v) is 4.55. The van der Waals surface area contributed by atoms with Crippen molar-refractivity contribution in [1.82, 2.24) is 5.01 Å². The predicted molar refractivity (Wildman–Crippen MR) is 85.7 cm³/mol. The van der Waals surface area contributed by atoms with E-state index in [1.54, 1.807) is 38.6 Å². The zero-order valence-corrected chi connectivity index (χ0v) is 12.8. The van der Waals surface area contributed by atoms with Crippen LogP contribution in [-0.2, 0) is 0 Å². The van der Waals surface area contributed by atoms with Crippen molar-refractivity contribution in [1.29, 1.82) is 0 Å². The molecule has 0 aliphatic carbocycles. The number of benzene rings is 2. The summed E-state index contributed by atoms with van der Waals surface area (Å²) < 4.78 is 10.4. The maximum atomic E-state index is 12.3. The van der Waals surface area contributed by atoms with Crippen LogP contribution in [0.5, 0.6) is 11.5 Å². The molecule has 5 nitrogen and oxygen atoms in total. The quantitative estimate of drug-likeness (QED) is 0.630. The van der Waals surface area contributed by atoms with Gasteiger partial charge in [0.05, 0.1) is 20.4 Å². The van der Waals surface area contributed by atoms with Crippen molar-refractivity contribution >= 4 is 12.1 Å². The Bertz CT molecular complexity index is 669. The Morgan fingerprint density at radius 1 is 1.05 bits per heavy atom. The lowest BCUT2D eigenvalue weighted by molar-refractivity contribution is 0.0800. The van der Waals surface area contributed by atoms with Crippen LogP contribution in [-0.4, -0.2) is 38.4 Å². The first-order chi connectivity index (χ1) is 10.7. The highest BCUT2D eigenvalue weighted by molar-refractivity contribution is 5.95. The average Bonchev–Trinajstić information content (AvgIpc) is 2.59. The summed E-state index contributed by atoms with van der Waals surface area (Å²) in [5, 5.41) is 5.44. The summed E-state index contributed by atoms with van der Waals surface area (Å²) in [7, 11) is 4.69. The third-order valence-electron chi connectivity index (χ3n) is 3.10. The van der Waals surface area contributed by atoms with Gasteiger partial charge >= 0.3 is 0 Å². The van der Waals surface area contributed by atoms with Crippen molar-refractivity contribution in [2.45, 2.75) is 0 Å². The van der Waals surface area contributed by atoms with Crippen LogP contribution in [0.3, 0.4) is 0 Å². The van der Waals surface area contributed by atoms with Crippen LogP contribution in [0.15, 0.2) is 53.6 Å². The molecule has 0 radical (unpaired) electrons. The molecule has 1 amide bonds. The van der Waals surface area contributed by atoms with Gasteiger partial charge in [0.25, 0.3) is 5.91 Å². The molecule has 0 aromatic heterocycles. The fourth-order valence-corrected chi connectivity index (χ4v) is 1.90. The molecule has 0 bridgehead atoms. The van der Waals surface area contributed by atoms with Crippen LogP contribution in [0.25, 0.3) is 0 Å². The molecule has 0 spiro atoms. The number of hydrazone groups is 1. The normalized spacial score (nSPS) is 10.5. The van der Waals surface area contributed by atoms with Gasteiger partial charge < -0.3 is 9.47 Å². The first-order valence-electron chi connectivity index (χ1n) is 6.75. The van der Waals surface area contributed by atoms with E-state index in [1.807, 2.05) is 30.3 Å². The van der Waals surface area contributed by atoms with E-state index in [0.29, 0.717) is 17.1 Å². The molecule has 0 saturated heterocycles. The van der Waals surface area contributed by atoms with Crippen LogP contribution < -0.4 is 9.47 Å². The van der Waals surface area contributed by atoms with Crippen molar-refractivity contribution in [2.75, 3.05) is 21.3 Å². The first kappa shape index (κ1) is 15.6. The van der Waals surface area contributed by atoms with Crippen LogP contribution in [0.2, 0.25) is 0 Å². The Morgan fingerprint density at radius 3 is 2.36 bits per heavy atom. The van der Waals surface area contributed by atoms with E-state index >= 15 is 0 Å². The summed E-state index contributed by atoms with van der Waals surface area (Å²) in [6.07, 6.45) is 1.64. The third kappa shape index (κ3) is 3.63. The van der Waals surface area contributed by atoms with E-state index in [4.69, 9.17) is 9.47 Å². The highest BCUT2D eigenvalue weighted by atomic mass is 16.5. The number of hydrogen-bond acceptors (Lipinski definition) is 4. The Kier molecular flexibility index (Phi) is 5.14. The van der Waals surface area contributed by atoms with Gasteiger partial charge in [-0.25, -0.2) is 5.01 Å². The summed E-state index contributed by atoms with van der Waals surface area (Å²) >= 11 is 0. The van der Waals surface area contributed by atoms with E-state index < -0.39 is 0 Å². The van der Waals surface area contributed by atoms with Gasteiger partial charge in [0.15, 0.2) is 11.5 Å². The van der Waals surface area contributed by atoms with Crippen LogP contribution in [0.4, 0.5) is 0 Å². The molecule has 0 unspecified atom stereocenters. The molecule has 0 heterocycles. The van der Waals surface area contributed by atoms with Crippen molar-refractivity contribution in [3.63, 3.8) is 0 Å². The van der Waals surface area contributed by atoms with Crippen LogP contribution >= 0.6 is 0 Å². The Morgan fingerprint density at radius 2 is 1.73 bits per heavy atom. The molecule has 22 heavy (non-hydrogen) atoms. The van der Waals surface area contributed by atoms with E-state index in [-0.39, 0.29) is 5.91 Å². The summed E-state index contributed by atoms with van der Waals surface area (Å²) in [5.41, 5.74) is 1.40. The number of nitrogens with zero attached hydrogens (tertiary/aromatic N) is 2. The van der Waals surface area contributed by atoms with Gasteiger partial charge in [0.2, 0.25) is 0 Å². The molecule has 0 saturated carbocycles. The van der Waals surface area contributed by atoms with Crippen LogP contribution in [0.1, 0.15) is 15.9 Å². The molecule has 0 aliphatic rings. The molecule has 5 heteroatoms. The monoisotopic (exact) mass is 298 g/mol. The number of hydrogen-bond donors (Lipinski definition) is 0. The molecule has 0 aliphatic heterocycles. The Labute approximate surface area is 129 Å². The zero-order valence-electron chi connectivity index (χ0n) is 12.8. The number of ether oxygens (including phenoxy) is 2. The smallest absolute Gasteiger partial charge is 0.273 e. The van der Waals surface area contributed by atoms with Gasteiger partial charge in [-0.05, 0) is 23.8 Å². The Hall–Kier alpha value is -2.82. The van der Waals surface area contributed by atoms with Crippen molar-refractivity contribution in [3.8, 4) is 11.5 Å². The lowest BCUT2D eigenvalue weighted by atomic mass is 10.2. The molecule has 2 rings (SSSR count). The molecule has 2 aromatic carbocycles. The van der Waals surface area contributed by atoms with E-state index in [0.717, 1.165) is 5.56 Å². The van der Waals surface area contributed by atoms with Gasteiger partial charge in [-0.1, -0.05) is 30.3 Å². The molecule has 114 valence electrons. The summed E-state index contributed by atoms with van der Waals surface area (Å²) in [6.45, 7) is 0. The van der Waals surface area contributed by atoms with Gasteiger partial charge in [-0.2, -0.15) is 5.10 Å². The lowest BCUT2D eigenvalue weighted by Gasteiger charge is -2.13.